The van der Waals surface area contributed by atoms with Crippen LogP contribution < -0.4 is 11.1 Å². The van der Waals surface area contributed by atoms with Crippen LogP contribution in [0.3, 0.4) is 0 Å². The molecule has 3 N–H and O–H groups in total. The molecule has 7 nitrogen and oxygen atoms in total. The summed E-state index contributed by atoms with van der Waals surface area (Å²) >= 11 is 0. The zero-order valence-corrected chi connectivity index (χ0v) is 16.3. The smallest absolute Gasteiger partial charge is 0.413 e. The molecule has 0 saturated carbocycles. The van der Waals surface area contributed by atoms with E-state index in [1.807, 2.05) is 0 Å². The quantitative estimate of drug-likeness (QED) is 0.721. The summed E-state index contributed by atoms with van der Waals surface area (Å²) in [7, 11) is -3.69. The summed E-state index contributed by atoms with van der Waals surface area (Å²) < 4.78 is 44.7. The standard InChI is InChI=1S/C17H24FN3O4S/c1-10-14(20-15(22)25-16(2,3)4)21-17(5,9-26(10,23)24)12-8-11(19)6-7-13(12)18/h6-8,10H,9,19H2,1-5H3,(H,20,21,22). The van der Waals surface area contributed by atoms with Gasteiger partial charge in [-0.05, 0) is 52.8 Å². The van der Waals surface area contributed by atoms with E-state index in [4.69, 9.17) is 10.5 Å². The summed E-state index contributed by atoms with van der Waals surface area (Å²) in [6.07, 6.45) is -0.824. The summed E-state index contributed by atoms with van der Waals surface area (Å²) in [5.41, 5.74) is 3.88. The molecule has 9 heteroatoms. The van der Waals surface area contributed by atoms with Crippen molar-refractivity contribution in [2.24, 2.45) is 4.99 Å². The predicted molar refractivity (Wildman–Crippen MR) is 98.2 cm³/mol. The highest BCUT2D eigenvalue weighted by Gasteiger charge is 2.44. The van der Waals surface area contributed by atoms with E-state index < -0.39 is 43.9 Å². The highest BCUT2D eigenvalue weighted by molar-refractivity contribution is 7.92. The zero-order valence-electron chi connectivity index (χ0n) is 15.5. The minimum Gasteiger partial charge on any atom is -0.444 e. The molecule has 0 bridgehead atoms. The van der Waals surface area contributed by atoms with Crippen LogP contribution in [0.25, 0.3) is 0 Å². The number of amides is 1. The normalized spacial score (nSPS) is 25.3. The molecule has 0 aliphatic carbocycles. The van der Waals surface area contributed by atoms with Crippen LogP contribution in [0.2, 0.25) is 0 Å². The number of nitrogens with one attached hydrogen (secondary N) is 1. The van der Waals surface area contributed by atoms with E-state index >= 15 is 0 Å². The first-order valence-electron chi connectivity index (χ1n) is 8.10. The number of amidine groups is 1. The predicted octanol–water partition coefficient (Wildman–Crippen LogP) is 2.36. The van der Waals surface area contributed by atoms with Crippen LogP contribution in [0.4, 0.5) is 14.9 Å². The molecule has 2 atom stereocenters. The molecule has 0 spiro atoms. The fourth-order valence-electron chi connectivity index (χ4n) is 2.71. The zero-order chi connectivity index (χ0) is 19.9. The number of carbonyl (C=O) groups excluding carboxylic acids is 1. The fourth-order valence-corrected chi connectivity index (χ4v) is 4.41. The molecule has 1 aliphatic heterocycles. The number of aliphatic imine (C=N–C) groups is 1. The van der Waals surface area contributed by atoms with Gasteiger partial charge in [-0.1, -0.05) is 0 Å². The maximum Gasteiger partial charge on any atom is 0.413 e. The van der Waals surface area contributed by atoms with Crippen LogP contribution in [0.5, 0.6) is 0 Å². The Hall–Kier alpha value is -2.16. The Balaban J connectivity index is 2.49. The Morgan fingerprint density at radius 1 is 1.42 bits per heavy atom. The Morgan fingerprint density at radius 2 is 2.04 bits per heavy atom. The van der Waals surface area contributed by atoms with Crippen molar-refractivity contribution >= 4 is 27.5 Å². The number of halogens is 1. The fraction of sp³-hybridized carbons (Fsp3) is 0.529. The topological polar surface area (TPSA) is 111 Å². The van der Waals surface area contributed by atoms with E-state index in [9.17, 15) is 17.6 Å². The van der Waals surface area contributed by atoms with Crippen molar-refractivity contribution < 1.29 is 22.3 Å². The third-order valence-corrected chi connectivity index (χ3v) is 6.24. The van der Waals surface area contributed by atoms with Gasteiger partial charge in [0.25, 0.3) is 0 Å². The first-order valence-corrected chi connectivity index (χ1v) is 9.82. The van der Waals surface area contributed by atoms with Gasteiger partial charge < -0.3 is 10.5 Å². The van der Waals surface area contributed by atoms with Crippen LogP contribution in [0.1, 0.15) is 40.2 Å². The summed E-state index contributed by atoms with van der Waals surface area (Å²) in [5.74, 6) is -1.11. The van der Waals surface area contributed by atoms with E-state index in [0.717, 1.165) is 6.07 Å². The largest absolute Gasteiger partial charge is 0.444 e. The molecule has 1 aromatic carbocycles. The third kappa shape index (κ3) is 4.32. The average Bonchev–Trinajstić information content (AvgIpc) is 2.44. The van der Waals surface area contributed by atoms with Crippen molar-refractivity contribution in [3.8, 4) is 0 Å². The molecular weight excluding hydrogens is 361 g/mol. The van der Waals surface area contributed by atoms with Gasteiger partial charge in [0.05, 0.1) is 5.75 Å². The molecule has 26 heavy (non-hydrogen) atoms. The third-order valence-electron chi connectivity index (χ3n) is 3.97. The van der Waals surface area contributed by atoms with Crippen LogP contribution in [0, 0.1) is 5.82 Å². The molecule has 2 rings (SSSR count). The van der Waals surface area contributed by atoms with Crippen molar-refractivity contribution in [1.29, 1.82) is 0 Å². The molecule has 2 unspecified atom stereocenters. The van der Waals surface area contributed by atoms with Crippen LogP contribution in [-0.2, 0) is 20.1 Å². The molecule has 144 valence electrons. The molecular formula is C17H24FN3O4S. The number of sulfone groups is 1. The number of ether oxygens (including phenoxy) is 1. The number of nitrogens with two attached hydrogens (primary N) is 1. The summed E-state index contributed by atoms with van der Waals surface area (Å²) in [6.45, 7) is 7.96. The average molecular weight is 385 g/mol. The lowest BCUT2D eigenvalue weighted by molar-refractivity contribution is 0.0562. The number of rotatable bonds is 1. The van der Waals surface area contributed by atoms with E-state index in [0.29, 0.717) is 0 Å². The number of alkyl carbamates (subject to hydrolysis) is 1. The molecule has 0 radical (unpaired) electrons. The van der Waals surface area contributed by atoms with Gasteiger partial charge in [0.1, 0.15) is 28.0 Å². The lowest BCUT2D eigenvalue weighted by Gasteiger charge is -2.34. The monoisotopic (exact) mass is 385 g/mol. The number of hydrogen-bond donors (Lipinski definition) is 2. The first kappa shape index (κ1) is 20.2. The van der Waals surface area contributed by atoms with Crippen molar-refractivity contribution in [3.05, 3.63) is 29.6 Å². The second kappa shape index (κ2) is 6.53. The van der Waals surface area contributed by atoms with E-state index in [1.54, 1.807) is 20.8 Å². The highest BCUT2D eigenvalue weighted by atomic mass is 32.2. The van der Waals surface area contributed by atoms with E-state index in [1.165, 1.54) is 26.0 Å². The van der Waals surface area contributed by atoms with Crippen molar-refractivity contribution in [3.63, 3.8) is 0 Å². The SMILES string of the molecule is CC1C(NC(=O)OC(C)(C)C)=NC(C)(c2cc(N)ccc2F)CS1(=O)=O. The van der Waals surface area contributed by atoms with Gasteiger partial charge in [0.15, 0.2) is 9.84 Å². The second-order valence-electron chi connectivity index (χ2n) is 7.59. The number of carbonyl (C=O) groups is 1. The number of benzene rings is 1. The minimum absolute atomic E-state index is 0.0523. The number of nitrogen functional groups attached to an aromatic ring is 1. The van der Waals surface area contributed by atoms with Gasteiger partial charge in [0, 0.05) is 11.3 Å². The van der Waals surface area contributed by atoms with Crippen LogP contribution in [0.15, 0.2) is 23.2 Å². The van der Waals surface area contributed by atoms with Crippen molar-refractivity contribution in [1.82, 2.24) is 5.32 Å². The lowest BCUT2D eigenvalue weighted by atomic mass is 9.93. The maximum absolute atomic E-state index is 14.3. The Kier molecular flexibility index (Phi) is 5.06. The molecule has 0 fully saturated rings. The number of nitrogens with zero attached hydrogens (tertiary/aromatic N) is 1. The summed E-state index contributed by atoms with van der Waals surface area (Å²) in [6, 6.07) is 3.90. The number of hydrogen-bond acceptors (Lipinski definition) is 6. The highest BCUT2D eigenvalue weighted by Crippen LogP contribution is 2.35. The first-order chi connectivity index (χ1) is 11.7. The van der Waals surface area contributed by atoms with Gasteiger partial charge in [-0.2, -0.15) is 0 Å². The van der Waals surface area contributed by atoms with Gasteiger partial charge in [0.2, 0.25) is 0 Å². The molecule has 1 aromatic rings. The Labute approximate surface area is 152 Å². The van der Waals surface area contributed by atoms with Crippen molar-refractivity contribution in [2.75, 3.05) is 11.5 Å². The van der Waals surface area contributed by atoms with Gasteiger partial charge >= 0.3 is 6.09 Å². The maximum atomic E-state index is 14.3. The summed E-state index contributed by atoms with van der Waals surface area (Å²) in [5, 5.41) is 1.35. The van der Waals surface area contributed by atoms with Gasteiger partial charge in [-0.3, -0.25) is 10.3 Å². The van der Waals surface area contributed by atoms with E-state index in [2.05, 4.69) is 10.3 Å². The Bertz CT molecular complexity index is 861. The van der Waals surface area contributed by atoms with Crippen LogP contribution >= 0.6 is 0 Å². The van der Waals surface area contributed by atoms with Crippen LogP contribution in [-0.4, -0.2) is 37.0 Å². The van der Waals surface area contributed by atoms with Gasteiger partial charge in [-0.15, -0.1) is 0 Å². The molecule has 1 heterocycles. The molecule has 0 saturated heterocycles. The van der Waals surface area contributed by atoms with Crippen molar-refractivity contribution in [2.45, 2.75) is 51.0 Å². The minimum atomic E-state index is -3.69. The molecule has 1 aliphatic rings. The van der Waals surface area contributed by atoms with Gasteiger partial charge in [-0.25, -0.2) is 17.6 Å². The summed E-state index contributed by atoms with van der Waals surface area (Å²) in [4.78, 5) is 16.4. The molecule has 0 aromatic heterocycles. The second-order valence-corrected chi connectivity index (χ2v) is 9.91. The number of anilines is 1. The molecule has 1 amide bonds. The lowest BCUT2D eigenvalue weighted by Crippen LogP contribution is -2.51. The van der Waals surface area contributed by atoms with E-state index in [-0.39, 0.29) is 17.1 Å². The Morgan fingerprint density at radius 3 is 2.62 bits per heavy atom.